The third kappa shape index (κ3) is 13.6. The Kier molecular flexibility index (Phi) is 18.4. The number of carboxylic acids is 2. The van der Waals surface area contributed by atoms with Crippen molar-refractivity contribution >= 4 is 39.7 Å². The molecule has 388 valence electrons. The van der Waals surface area contributed by atoms with Gasteiger partial charge in [-0.05, 0) is 160 Å². The SMILES string of the molecule is Cc1cc([S+](c2ccccc2)c2ccccc2)cc(C)c1OCC(=O)OC1(C)C2CC3CC(C2)CC1C3.O=C(O)c1ccccc1[O-].O=C(O)c1ccccc1[O-].c1ccc([S+](c2ccccc2)c2ccccc2)cc1. The van der Waals surface area contributed by atoms with Crippen LogP contribution in [0.25, 0.3) is 0 Å². The first kappa shape index (κ1) is 54.5. The van der Waals surface area contributed by atoms with Gasteiger partial charge in [-0.15, -0.1) is 0 Å². The van der Waals surface area contributed by atoms with E-state index in [1.54, 1.807) is 0 Å². The molecule has 0 aliphatic heterocycles. The quantitative estimate of drug-likeness (QED) is 0.0898. The highest BCUT2D eigenvalue weighted by Gasteiger charge is 2.57. The summed E-state index contributed by atoms with van der Waals surface area (Å²) in [6.45, 7) is 6.31. The van der Waals surface area contributed by atoms with Gasteiger partial charge in [0.25, 0.3) is 0 Å². The van der Waals surface area contributed by atoms with Gasteiger partial charge in [-0.1, -0.05) is 139 Å². The Morgan fingerprint density at radius 1 is 0.474 bits per heavy atom. The van der Waals surface area contributed by atoms with Crippen molar-refractivity contribution in [3.05, 3.63) is 235 Å². The van der Waals surface area contributed by atoms with Gasteiger partial charge in [0.1, 0.15) is 11.4 Å². The summed E-state index contributed by atoms with van der Waals surface area (Å²) in [4.78, 5) is 41.4. The number of carboxylic acid groups (broad SMARTS) is 2. The largest absolute Gasteiger partial charge is 0.872 e. The van der Waals surface area contributed by atoms with E-state index in [1.807, 2.05) is 0 Å². The van der Waals surface area contributed by atoms with E-state index in [0.717, 1.165) is 28.7 Å². The lowest BCUT2D eigenvalue weighted by Crippen LogP contribution is -2.58. The number of esters is 1. The van der Waals surface area contributed by atoms with Gasteiger partial charge in [-0.25, -0.2) is 14.4 Å². The highest BCUT2D eigenvalue weighted by atomic mass is 32.2. The summed E-state index contributed by atoms with van der Waals surface area (Å²) in [5.74, 6) is 0.0537. The Morgan fingerprint density at radius 2 is 0.776 bits per heavy atom. The standard InChI is InChI=1S/C33H37O3S.C18H15S.2C7H6O3/c1-22-14-30(37(28-10-6-4-7-11-28)29-12-8-5-9-13-29)15-23(2)32(22)35-21-31(34)36-33(3)26-17-24-16-25(19-26)20-27(33)18-24;1-4-10-16(11-5-1)19(17-12-6-2-7-13-17)18-14-8-3-9-15-18;2*8-6-4-2-1-3-5(6)7(9)10/h4-15,24-27H,16-21H2,1-3H3;1-15H;2*1-4,8H,(H,9,10)/q2*+1;;/p-2. The van der Waals surface area contributed by atoms with Crippen LogP contribution in [0.15, 0.2) is 242 Å². The average Bonchev–Trinajstić information content (AvgIpc) is 3.46. The zero-order valence-electron chi connectivity index (χ0n) is 42.8. The van der Waals surface area contributed by atoms with E-state index < -0.39 is 23.4 Å². The number of hydrogen-bond donors (Lipinski definition) is 2. The molecule has 11 heteroatoms. The van der Waals surface area contributed by atoms with Gasteiger partial charge in [0.15, 0.2) is 36.0 Å². The predicted molar refractivity (Wildman–Crippen MR) is 295 cm³/mol. The van der Waals surface area contributed by atoms with E-state index in [0.29, 0.717) is 11.8 Å². The number of carbonyl (C=O) groups is 3. The van der Waals surface area contributed by atoms with Crippen LogP contribution in [0, 0.1) is 37.5 Å². The monoisotopic (exact) mass is 1050 g/mol. The highest BCUT2D eigenvalue weighted by molar-refractivity contribution is 7.97. The number of aromatic carboxylic acids is 2. The molecular weight excluding hydrogens is 989 g/mol. The maximum atomic E-state index is 13.0. The van der Waals surface area contributed by atoms with E-state index in [4.69, 9.17) is 19.7 Å². The van der Waals surface area contributed by atoms with Crippen molar-refractivity contribution in [3.8, 4) is 17.2 Å². The smallest absolute Gasteiger partial charge is 0.344 e. The van der Waals surface area contributed by atoms with E-state index in [9.17, 15) is 24.6 Å². The van der Waals surface area contributed by atoms with E-state index in [2.05, 4.69) is 185 Å². The zero-order chi connectivity index (χ0) is 53.6. The van der Waals surface area contributed by atoms with Crippen LogP contribution in [-0.2, 0) is 31.3 Å². The van der Waals surface area contributed by atoms with Crippen molar-refractivity contribution in [3.63, 3.8) is 0 Å². The van der Waals surface area contributed by atoms with Crippen LogP contribution in [0.2, 0.25) is 0 Å². The van der Waals surface area contributed by atoms with Gasteiger partial charge in [0, 0.05) is 12.1 Å². The molecule has 76 heavy (non-hydrogen) atoms. The van der Waals surface area contributed by atoms with Crippen LogP contribution in [0.4, 0.5) is 0 Å². The fourth-order valence-corrected chi connectivity index (χ4v) is 15.2. The minimum Gasteiger partial charge on any atom is -0.872 e. The molecule has 0 spiro atoms. The molecule has 8 aromatic carbocycles. The molecule has 0 aromatic heterocycles. The van der Waals surface area contributed by atoms with E-state index in [-0.39, 0.29) is 51.1 Å². The normalized spacial score (nSPS) is 18.6. The molecule has 12 rings (SSSR count). The fourth-order valence-electron chi connectivity index (χ4n) is 10.8. The van der Waals surface area contributed by atoms with Gasteiger partial charge in [0.05, 0.1) is 32.9 Å². The highest BCUT2D eigenvalue weighted by Crippen LogP contribution is 2.59. The number of ether oxygens (including phenoxy) is 2. The summed E-state index contributed by atoms with van der Waals surface area (Å²) in [5.41, 5.74) is 1.42. The van der Waals surface area contributed by atoms with Gasteiger partial charge < -0.3 is 29.9 Å². The Morgan fingerprint density at radius 3 is 1.08 bits per heavy atom. The number of benzene rings is 8. The van der Waals surface area contributed by atoms with Gasteiger partial charge in [-0.2, -0.15) is 0 Å². The molecule has 9 nitrogen and oxygen atoms in total. The van der Waals surface area contributed by atoms with Crippen molar-refractivity contribution in [1.29, 1.82) is 0 Å². The van der Waals surface area contributed by atoms with Crippen LogP contribution in [0.3, 0.4) is 0 Å². The molecule has 8 aromatic rings. The van der Waals surface area contributed by atoms with E-state index in [1.165, 1.54) is 110 Å². The first-order chi connectivity index (χ1) is 36.8. The Hall–Kier alpha value is -7.73. The van der Waals surface area contributed by atoms with Crippen LogP contribution >= 0.6 is 0 Å². The summed E-state index contributed by atoms with van der Waals surface area (Å²) in [6, 6.07) is 69.0. The second-order valence-electron chi connectivity index (χ2n) is 19.4. The fraction of sp³-hybridized carbons (Fsp3) is 0.215. The first-order valence-corrected chi connectivity index (χ1v) is 27.9. The molecule has 0 amide bonds. The predicted octanol–water partition coefficient (Wildman–Crippen LogP) is 13.2. The van der Waals surface area contributed by atoms with Gasteiger partial charge >= 0.3 is 17.9 Å². The van der Waals surface area contributed by atoms with Crippen molar-refractivity contribution < 1.29 is 44.3 Å². The molecule has 4 bridgehead atoms. The number of carbonyl (C=O) groups excluding carboxylic acids is 1. The van der Waals surface area contributed by atoms with Gasteiger partial charge in [-0.3, -0.25) is 0 Å². The number of para-hydroxylation sites is 2. The lowest BCUT2D eigenvalue weighted by atomic mass is 9.50. The van der Waals surface area contributed by atoms with Crippen molar-refractivity contribution in [2.45, 2.75) is 87.8 Å². The van der Waals surface area contributed by atoms with E-state index >= 15 is 0 Å². The molecule has 2 N–H and O–H groups in total. The van der Waals surface area contributed by atoms with Crippen LogP contribution in [-0.4, -0.2) is 40.3 Å². The van der Waals surface area contributed by atoms with Crippen LogP contribution < -0.4 is 14.9 Å². The maximum absolute atomic E-state index is 13.0. The van der Waals surface area contributed by atoms with Crippen molar-refractivity contribution in [2.24, 2.45) is 23.7 Å². The summed E-state index contributed by atoms with van der Waals surface area (Å²) in [6.07, 6.45) is 6.29. The Labute approximate surface area is 451 Å². The molecule has 4 fully saturated rings. The minimum absolute atomic E-state index is 0.0146. The number of hydrogen-bond acceptors (Lipinski definition) is 7. The molecule has 0 radical (unpaired) electrons. The third-order valence-corrected chi connectivity index (χ3v) is 18.7. The molecule has 0 heterocycles. The molecule has 0 saturated heterocycles. The Bertz CT molecular complexity index is 2930. The lowest BCUT2D eigenvalue weighted by Gasteiger charge is -2.59. The van der Waals surface area contributed by atoms with Gasteiger partial charge in [0.2, 0.25) is 0 Å². The lowest BCUT2D eigenvalue weighted by molar-refractivity contribution is -0.269. The van der Waals surface area contributed by atoms with Crippen LogP contribution in [0.5, 0.6) is 17.2 Å². The topological polar surface area (TPSA) is 156 Å². The number of aryl methyl sites for hydroxylation is 2. The Balaban J connectivity index is 0.000000161. The molecule has 4 aliphatic rings. The summed E-state index contributed by atoms with van der Waals surface area (Å²) >= 11 is 0. The summed E-state index contributed by atoms with van der Waals surface area (Å²) in [5, 5.41) is 38.1. The second-order valence-corrected chi connectivity index (χ2v) is 23.5. The number of rotatable bonds is 12. The molecule has 4 saturated carbocycles. The average molecular weight is 1050 g/mol. The van der Waals surface area contributed by atoms with Crippen LogP contribution in [0.1, 0.15) is 70.9 Å². The zero-order valence-corrected chi connectivity index (χ0v) is 44.5. The second kappa shape index (κ2) is 25.7. The molecular formula is C65H62O9S2. The maximum Gasteiger partial charge on any atom is 0.344 e. The van der Waals surface area contributed by atoms with Crippen molar-refractivity contribution in [2.75, 3.05) is 6.61 Å². The third-order valence-electron chi connectivity index (χ3n) is 14.2. The first-order valence-electron chi connectivity index (χ1n) is 25.5. The minimum atomic E-state index is -1.18. The van der Waals surface area contributed by atoms with Crippen molar-refractivity contribution in [1.82, 2.24) is 0 Å². The summed E-state index contributed by atoms with van der Waals surface area (Å²) < 4.78 is 12.4. The summed E-state index contributed by atoms with van der Waals surface area (Å²) in [7, 11) is -0.231. The molecule has 0 unspecified atom stereocenters. The molecule has 0 atom stereocenters. The molecule has 4 aliphatic carbocycles.